The Bertz CT molecular complexity index is 2820. The van der Waals surface area contributed by atoms with Crippen molar-refractivity contribution in [1.82, 2.24) is 0 Å². The van der Waals surface area contributed by atoms with Crippen LogP contribution in [0.1, 0.15) is 6.85 Å². The molecule has 226 valence electrons. The van der Waals surface area contributed by atoms with E-state index in [1.807, 2.05) is 91.0 Å². The molecular weight excluding hydrogens is 583 g/mol. The predicted octanol–water partition coefficient (Wildman–Crippen LogP) is 13.2. The van der Waals surface area contributed by atoms with E-state index >= 15 is 0 Å². The first-order valence-electron chi connectivity index (χ1n) is 18.4. The minimum absolute atomic E-state index is 0.0694. The highest BCUT2D eigenvalue weighted by molar-refractivity contribution is 6.19. The number of furan rings is 1. The van der Waals surface area contributed by atoms with Gasteiger partial charge in [-0.25, -0.2) is 0 Å². The topological polar surface area (TPSA) is 16.4 Å². The maximum absolute atomic E-state index is 9.10. The van der Waals surface area contributed by atoms with Gasteiger partial charge in [0.05, 0.1) is 12.5 Å². The third-order valence-electron chi connectivity index (χ3n) is 8.96. The second kappa shape index (κ2) is 11.8. The van der Waals surface area contributed by atoms with Gasteiger partial charge in [0, 0.05) is 33.1 Å². The lowest BCUT2D eigenvalue weighted by molar-refractivity contribution is 0.673. The normalized spacial score (nSPS) is 12.8. The zero-order valence-electron chi connectivity index (χ0n) is 30.9. The fourth-order valence-electron chi connectivity index (χ4n) is 6.74. The third kappa shape index (κ3) is 4.83. The fraction of sp³-hybridized carbons (Fsp3) is 0. The van der Waals surface area contributed by atoms with Crippen LogP contribution in [-0.2, 0) is 0 Å². The van der Waals surface area contributed by atoms with Crippen LogP contribution >= 0.6 is 0 Å². The van der Waals surface area contributed by atoms with Gasteiger partial charge in [-0.2, -0.15) is 0 Å². The molecule has 0 radical (unpaired) electrons. The zero-order valence-corrected chi connectivity index (χ0v) is 25.9. The van der Waals surface area contributed by atoms with Gasteiger partial charge in [-0.15, -0.1) is 0 Å². The Balaban J connectivity index is 1.26. The van der Waals surface area contributed by atoms with Crippen LogP contribution in [-0.4, -0.2) is 0 Å². The summed E-state index contributed by atoms with van der Waals surface area (Å²) in [4.78, 5) is 1.80. The molecule has 0 saturated carbocycles. The van der Waals surface area contributed by atoms with Crippen molar-refractivity contribution in [2.24, 2.45) is 0 Å². The van der Waals surface area contributed by atoms with Crippen molar-refractivity contribution in [2.45, 2.75) is 0 Å². The molecule has 0 N–H and O–H groups in total. The molecule has 9 aromatic rings. The smallest absolute Gasteiger partial charge is 0.143 e. The SMILES string of the molecule is [2H]c1c([2H])c([2H])c(N(c2cccc(-c3cccc4oc5c6ccccc6ccc5c34)c2)c2ccccc2-c2ccc(-c3ccccc3)cc2)c([2H])c1[2H]. The molecule has 9 rings (SSSR count). The monoisotopic (exact) mass is 618 g/mol. The van der Waals surface area contributed by atoms with Crippen LogP contribution in [0.5, 0.6) is 0 Å². The lowest BCUT2D eigenvalue weighted by atomic mass is 9.96. The van der Waals surface area contributed by atoms with Crippen molar-refractivity contribution in [3.63, 3.8) is 0 Å². The standard InChI is InChI=1S/C46H31NO/c1-3-13-32(14-4-1)33-25-27-35(28-26-33)39-20-9-10-23-43(39)47(37-17-5-2-6-18-37)38-19-11-16-36(31-38)40-22-12-24-44-45(40)42-30-29-34-15-7-8-21-41(34)46(42)48-44/h1-31H/i2D,5D,6D,17D,18D. The highest BCUT2D eigenvalue weighted by atomic mass is 16.3. The summed E-state index contributed by atoms with van der Waals surface area (Å²) in [7, 11) is 0. The van der Waals surface area contributed by atoms with Gasteiger partial charge >= 0.3 is 0 Å². The van der Waals surface area contributed by atoms with E-state index in [0.29, 0.717) is 11.4 Å². The molecule has 0 aliphatic carbocycles. The summed E-state index contributed by atoms with van der Waals surface area (Å²) in [5.41, 5.74) is 8.80. The Morgan fingerprint density at radius 1 is 0.458 bits per heavy atom. The summed E-state index contributed by atoms with van der Waals surface area (Å²) in [6.07, 6.45) is 0. The maximum Gasteiger partial charge on any atom is 0.143 e. The fourth-order valence-corrected chi connectivity index (χ4v) is 6.74. The number of anilines is 3. The van der Waals surface area contributed by atoms with Gasteiger partial charge in [0.15, 0.2) is 0 Å². The Hall–Kier alpha value is -6.38. The molecule has 0 fully saturated rings. The quantitative estimate of drug-likeness (QED) is 0.184. The van der Waals surface area contributed by atoms with Crippen molar-refractivity contribution in [2.75, 3.05) is 4.90 Å². The number of rotatable bonds is 6. The van der Waals surface area contributed by atoms with E-state index in [-0.39, 0.29) is 17.8 Å². The Kier molecular flexibility index (Phi) is 5.64. The van der Waals surface area contributed by atoms with Crippen LogP contribution in [0.25, 0.3) is 66.1 Å². The van der Waals surface area contributed by atoms with Gasteiger partial charge in [0.25, 0.3) is 0 Å². The van der Waals surface area contributed by atoms with Crippen LogP contribution in [0.4, 0.5) is 17.1 Å². The largest absolute Gasteiger partial charge is 0.455 e. The Labute approximate surface area is 286 Å². The van der Waals surface area contributed by atoms with Crippen LogP contribution < -0.4 is 4.90 Å². The molecule has 2 nitrogen and oxygen atoms in total. The van der Waals surface area contributed by atoms with Crippen molar-refractivity contribution in [3.05, 3.63) is 188 Å². The van der Waals surface area contributed by atoms with E-state index in [1.54, 1.807) is 4.90 Å². The lowest BCUT2D eigenvalue weighted by Gasteiger charge is -2.28. The molecule has 8 aromatic carbocycles. The first kappa shape index (κ1) is 23.0. The molecule has 0 aliphatic heterocycles. The molecule has 1 aromatic heterocycles. The first-order chi connectivity index (χ1) is 25.9. The number of para-hydroxylation sites is 2. The van der Waals surface area contributed by atoms with Crippen molar-refractivity contribution in [3.8, 4) is 33.4 Å². The van der Waals surface area contributed by atoms with Gasteiger partial charge in [0.1, 0.15) is 11.2 Å². The molecule has 0 saturated heterocycles. The molecule has 0 bridgehead atoms. The van der Waals surface area contributed by atoms with Crippen LogP contribution in [0.3, 0.4) is 0 Å². The second-order valence-corrected chi connectivity index (χ2v) is 11.8. The van der Waals surface area contributed by atoms with E-state index in [0.717, 1.165) is 66.1 Å². The van der Waals surface area contributed by atoms with Crippen LogP contribution in [0, 0.1) is 0 Å². The molecule has 0 atom stereocenters. The van der Waals surface area contributed by atoms with Gasteiger partial charge < -0.3 is 9.32 Å². The summed E-state index contributed by atoms with van der Waals surface area (Å²) in [5.74, 6) is 0. The number of nitrogens with zero attached hydrogens (tertiary/aromatic N) is 1. The third-order valence-corrected chi connectivity index (χ3v) is 8.96. The van der Waals surface area contributed by atoms with E-state index in [2.05, 4.69) is 66.7 Å². The van der Waals surface area contributed by atoms with Crippen LogP contribution in [0.2, 0.25) is 0 Å². The van der Waals surface area contributed by atoms with E-state index in [9.17, 15) is 0 Å². The van der Waals surface area contributed by atoms with Gasteiger partial charge in [0.2, 0.25) is 0 Å². The molecular formula is C46H31NO. The number of fused-ring (bicyclic) bond motifs is 5. The molecule has 2 heteroatoms. The number of benzene rings is 8. The molecule has 1 heterocycles. The number of hydrogen-bond acceptors (Lipinski definition) is 2. The Morgan fingerprint density at radius 3 is 2.02 bits per heavy atom. The highest BCUT2D eigenvalue weighted by Crippen LogP contribution is 2.44. The van der Waals surface area contributed by atoms with Crippen molar-refractivity contribution >= 4 is 49.8 Å². The minimum Gasteiger partial charge on any atom is -0.455 e. The number of hydrogen-bond donors (Lipinski definition) is 0. The summed E-state index contributed by atoms with van der Waals surface area (Å²) < 4.78 is 50.3. The van der Waals surface area contributed by atoms with Crippen LogP contribution in [0.15, 0.2) is 192 Å². The summed E-state index contributed by atoms with van der Waals surface area (Å²) in [6.45, 7) is 0. The molecule has 48 heavy (non-hydrogen) atoms. The van der Waals surface area contributed by atoms with E-state index in [4.69, 9.17) is 11.3 Å². The average molecular weight is 619 g/mol. The maximum atomic E-state index is 9.10. The van der Waals surface area contributed by atoms with Gasteiger partial charge in [-0.05, 0) is 75.6 Å². The molecule has 0 unspecified atom stereocenters. The first-order valence-corrected chi connectivity index (χ1v) is 15.9. The van der Waals surface area contributed by atoms with Crippen molar-refractivity contribution < 1.29 is 11.3 Å². The van der Waals surface area contributed by atoms with Gasteiger partial charge in [-0.3, -0.25) is 0 Å². The molecule has 0 amide bonds. The van der Waals surface area contributed by atoms with Crippen molar-refractivity contribution in [1.29, 1.82) is 0 Å². The summed E-state index contributed by atoms with van der Waals surface area (Å²) in [5, 5.41) is 4.14. The summed E-state index contributed by atoms with van der Waals surface area (Å²) in [6, 6.07) is 50.8. The summed E-state index contributed by atoms with van der Waals surface area (Å²) >= 11 is 0. The predicted molar refractivity (Wildman–Crippen MR) is 202 cm³/mol. The second-order valence-electron chi connectivity index (χ2n) is 11.8. The lowest BCUT2D eigenvalue weighted by Crippen LogP contribution is -2.11. The molecule has 0 aliphatic rings. The van der Waals surface area contributed by atoms with E-state index < -0.39 is 18.1 Å². The van der Waals surface area contributed by atoms with Gasteiger partial charge in [-0.1, -0.05) is 146 Å². The van der Waals surface area contributed by atoms with E-state index in [1.165, 1.54) is 0 Å². The Morgan fingerprint density at radius 2 is 1.15 bits per heavy atom. The molecule has 0 spiro atoms. The highest BCUT2D eigenvalue weighted by Gasteiger charge is 2.19. The average Bonchev–Trinajstić information content (AvgIpc) is 3.61. The zero-order chi connectivity index (χ0) is 36.2. The minimum atomic E-state index is -0.437.